The fourth-order valence-electron chi connectivity index (χ4n) is 4.42. The molecule has 2 aliphatic rings. The molecule has 2 unspecified atom stereocenters. The number of aliphatic hydroxyl groups excluding tert-OH is 1. The summed E-state index contributed by atoms with van der Waals surface area (Å²) in [6.07, 6.45) is 2.88. The van der Waals surface area contributed by atoms with Crippen molar-refractivity contribution in [2.45, 2.75) is 42.7 Å². The number of halogens is 2. The number of sulfonamides is 1. The van der Waals surface area contributed by atoms with Gasteiger partial charge in [-0.25, -0.2) is 21.9 Å². The van der Waals surface area contributed by atoms with Crippen molar-refractivity contribution in [1.82, 2.24) is 4.72 Å². The van der Waals surface area contributed by atoms with E-state index in [0.717, 1.165) is 25.0 Å². The lowest BCUT2D eigenvalue weighted by molar-refractivity contribution is 0.0508. The van der Waals surface area contributed by atoms with E-state index in [4.69, 9.17) is 0 Å². The summed E-state index contributed by atoms with van der Waals surface area (Å²) in [6.45, 7) is 0. The number of aliphatic hydroxyl groups is 1. The Kier molecular flexibility index (Phi) is 4.78. The Bertz CT molecular complexity index is 932. The highest BCUT2D eigenvalue weighted by molar-refractivity contribution is 7.89. The molecule has 2 saturated carbocycles. The molecule has 0 aromatic heterocycles. The predicted molar refractivity (Wildman–Crippen MR) is 97.4 cm³/mol. The minimum atomic E-state index is -3.70. The summed E-state index contributed by atoms with van der Waals surface area (Å²) < 4.78 is 55.1. The van der Waals surface area contributed by atoms with Gasteiger partial charge in [-0.1, -0.05) is 12.1 Å². The zero-order valence-corrected chi connectivity index (χ0v) is 15.4. The number of fused-ring (bicyclic) bond motifs is 2. The lowest BCUT2D eigenvalue weighted by atomic mass is 9.83. The normalized spacial score (nSPS) is 27.7. The molecule has 0 saturated heterocycles. The maximum Gasteiger partial charge on any atom is 0.240 e. The van der Waals surface area contributed by atoms with E-state index in [1.54, 1.807) is 0 Å². The van der Waals surface area contributed by atoms with Crippen LogP contribution in [0.25, 0.3) is 11.1 Å². The van der Waals surface area contributed by atoms with Crippen LogP contribution in [0.1, 0.15) is 25.7 Å². The van der Waals surface area contributed by atoms with Crippen LogP contribution in [-0.2, 0) is 10.0 Å². The molecule has 7 heteroatoms. The Balaban J connectivity index is 1.51. The van der Waals surface area contributed by atoms with Crippen molar-refractivity contribution in [3.05, 3.63) is 54.1 Å². The van der Waals surface area contributed by atoms with Crippen LogP contribution >= 0.6 is 0 Å². The van der Waals surface area contributed by atoms with E-state index >= 15 is 0 Å². The van der Waals surface area contributed by atoms with Crippen molar-refractivity contribution in [3.63, 3.8) is 0 Å². The molecule has 27 heavy (non-hydrogen) atoms. The van der Waals surface area contributed by atoms with Gasteiger partial charge in [0.25, 0.3) is 0 Å². The zero-order valence-electron chi connectivity index (χ0n) is 14.6. The molecule has 2 atom stereocenters. The van der Waals surface area contributed by atoms with Crippen LogP contribution in [0.2, 0.25) is 0 Å². The van der Waals surface area contributed by atoms with E-state index in [1.807, 2.05) is 0 Å². The van der Waals surface area contributed by atoms with Gasteiger partial charge >= 0.3 is 0 Å². The summed E-state index contributed by atoms with van der Waals surface area (Å²) in [4.78, 5) is 0.104. The summed E-state index contributed by atoms with van der Waals surface area (Å²) in [5.41, 5.74) is 0.691. The number of hydrogen-bond donors (Lipinski definition) is 2. The fraction of sp³-hybridized carbons (Fsp3) is 0.400. The molecule has 2 fully saturated rings. The smallest absolute Gasteiger partial charge is 0.240 e. The van der Waals surface area contributed by atoms with Crippen molar-refractivity contribution >= 4 is 10.0 Å². The third-order valence-electron chi connectivity index (χ3n) is 5.78. The summed E-state index contributed by atoms with van der Waals surface area (Å²) in [5, 5.41) is 10.1. The highest BCUT2D eigenvalue weighted by Gasteiger charge is 2.42. The Hall–Kier alpha value is -1.83. The number of benzene rings is 2. The Morgan fingerprint density at radius 3 is 2.19 bits per heavy atom. The molecule has 2 N–H and O–H groups in total. The van der Waals surface area contributed by atoms with E-state index < -0.39 is 21.7 Å². The van der Waals surface area contributed by atoms with E-state index in [-0.39, 0.29) is 34.4 Å². The van der Waals surface area contributed by atoms with Crippen LogP contribution in [0.5, 0.6) is 0 Å². The van der Waals surface area contributed by atoms with Crippen molar-refractivity contribution in [1.29, 1.82) is 0 Å². The third-order valence-corrected chi connectivity index (χ3v) is 7.31. The van der Waals surface area contributed by atoms with Gasteiger partial charge in [-0.15, -0.1) is 0 Å². The Morgan fingerprint density at radius 2 is 1.59 bits per heavy atom. The summed E-state index contributed by atoms with van der Waals surface area (Å²) in [5.74, 6) is -1.02. The molecule has 0 heterocycles. The second-order valence-corrected chi connectivity index (χ2v) is 9.24. The molecular weight excluding hydrogens is 372 g/mol. The quantitative estimate of drug-likeness (QED) is 0.836. The minimum absolute atomic E-state index is 0.104. The van der Waals surface area contributed by atoms with Crippen LogP contribution in [0, 0.1) is 23.5 Å². The standard InChI is InChI=1S/C20H21F2NO3S/c21-15-5-8-18(19(22)11-15)12-3-6-17(7-4-12)27(25,26)23-16-9-13-1-2-14(10-16)20(13)24/h3-8,11,13-14,16,20,23-24H,1-2,9-10H2. The van der Waals surface area contributed by atoms with Gasteiger partial charge in [-0.2, -0.15) is 0 Å². The number of nitrogens with one attached hydrogen (secondary N) is 1. The highest BCUT2D eigenvalue weighted by atomic mass is 32.2. The Morgan fingerprint density at radius 1 is 0.963 bits per heavy atom. The monoisotopic (exact) mass is 393 g/mol. The molecule has 2 aromatic carbocycles. The SMILES string of the molecule is O=S(=O)(NC1CC2CCC(C1)C2O)c1ccc(-c2ccc(F)cc2F)cc1. The largest absolute Gasteiger partial charge is 0.393 e. The van der Waals surface area contributed by atoms with Gasteiger partial charge in [0.15, 0.2) is 0 Å². The molecule has 0 radical (unpaired) electrons. The molecule has 2 aromatic rings. The lowest BCUT2D eigenvalue weighted by Gasteiger charge is -2.32. The van der Waals surface area contributed by atoms with Crippen LogP contribution < -0.4 is 4.72 Å². The molecule has 0 amide bonds. The fourth-order valence-corrected chi connectivity index (χ4v) is 5.68. The zero-order chi connectivity index (χ0) is 19.2. The van der Waals surface area contributed by atoms with Crippen LogP contribution in [0.3, 0.4) is 0 Å². The first-order valence-electron chi connectivity index (χ1n) is 9.09. The van der Waals surface area contributed by atoms with Crippen LogP contribution in [0.15, 0.2) is 47.4 Å². The first-order valence-corrected chi connectivity index (χ1v) is 10.6. The van der Waals surface area contributed by atoms with Crippen LogP contribution in [-0.4, -0.2) is 25.7 Å². The average Bonchev–Trinajstić information content (AvgIpc) is 2.83. The third kappa shape index (κ3) is 3.63. The van der Waals surface area contributed by atoms with Gasteiger partial charge in [0.2, 0.25) is 10.0 Å². The topological polar surface area (TPSA) is 66.4 Å². The molecule has 2 bridgehead atoms. The van der Waals surface area contributed by atoms with Crippen molar-refractivity contribution in [2.75, 3.05) is 0 Å². The van der Waals surface area contributed by atoms with Crippen molar-refractivity contribution < 1.29 is 22.3 Å². The van der Waals surface area contributed by atoms with Gasteiger partial charge < -0.3 is 5.11 Å². The molecule has 2 aliphatic carbocycles. The summed E-state index contributed by atoms with van der Waals surface area (Å²) in [6, 6.07) is 8.99. The molecule has 144 valence electrons. The predicted octanol–water partition coefficient (Wildman–Crippen LogP) is 3.46. The lowest BCUT2D eigenvalue weighted by Crippen LogP contribution is -2.43. The maximum absolute atomic E-state index is 13.9. The highest BCUT2D eigenvalue weighted by Crippen LogP contribution is 2.42. The molecule has 4 nitrogen and oxygen atoms in total. The minimum Gasteiger partial charge on any atom is -0.393 e. The molecular formula is C20H21F2NO3S. The second kappa shape index (κ2) is 6.96. The van der Waals surface area contributed by atoms with Crippen LogP contribution in [0.4, 0.5) is 8.78 Å². The second-order valence-electron chi connectivity index (χ2n) is 7.53. The first kappa shape index (κ1) is 18.5. The van der Waals surface area contributed by atoms with Gasteiger partial charge in [0, 0.05) is 17.7 Å². The average molecular weight is 393 g/mol. The van der Waals surface area contributed by atoms with Gasteiger partial charge in [-0.05, 0) is 67.3 Å². The number of rotatable bonds is 4. The van der Waals surface area contributed by atoms with E-state index in [0.29, 0.717) is 18.4 Å². The Labute approximate surface area is 157 Å². The summed E-state index contributed by atoms with van der Waals surface area (Å²) in [7, 11) is -3.70. The van der Waals surface area contributed by atoms with E-state index in [1.165, 1.54) is 30.3 Å². The molecule has 4 rings (SSSR count). The maximum atomic E-state index is 13.9. The number of hydrogen-bond acceptors (Lipinski definition) is 3. The van der Waals surface area contributed by atoms with Crippen molar-refractivity contribution in [2.24, 2.45) is 11.8 Å². The van der Waals surface area contributed by atoms with Crippen molar-refractivity contribution in [3.8, 4) is 11.1 Å². The van der Waals surface area contributed by atoms with E-state index in [9.17, 15) is 22.3 Å². The molecule has 0 spiro atoms. The van der Waals surface area contributed by atoms with Gasteiger partial charge in [0.05, 0.1) is 11.0 Å². The van der Waals surface area contributed by atoms with Gasteiger partial charge in [0.1, 0.15) is 11.6 Å². The summed E-state index contributed by atoms with van der Waals surface area (Å²) >= 11 is 0. The first-order chi connectivity index (χ1) is 12.8. The van der Waals surface area contributed by atoms with E-state index in [2.05, 4.69) is 4.72 Å². The van der Waals surface area contributed by atoms with Gasteiger partial charge in [-0.3, -0.25) is 0 Å². The molecule has 0 aliphatic heterocycles.